The van der Waals surface area contributed by atoms with Crippen LogP contribution >= 0.6 is 0 Å². The van der Waals surface area contributed by atoms with Crippen molar-refractivity contribution in [3.8, 4) is 0 Å². The standard InChI is InChI=1S/C55H92N10O30/c1-19(47(79)65-27(46(57)78)12-13-33(74)64-28(11-9-10-14-56)49(81)59-20(2)50(82)83)58-48(80)21(3)87-45-37(63-26(8)73)55(92-32(18-69)43(45)95-53-34(60-23(5)70)39(76)38(75)29(15-66)90-53)93-41-30(16-67)91-54(35(40(41)77)61-24(6)71)94-42-31(17-68)89-52(86)36(62-25(7)72)44(42)88-22(4)51(84)85/h19-22,27-32,34-45,52-55,66-69,75-77,86H,9-18,56H2,1-8H3,(H2,57,78)(H,58,80)(H,59,81)(H,60,70)(H,61,71)(H,62,72)(H,63,73)(H,64,74)(H,65,79)(H,82,83)(H,84,85). The number of ether oxygens (including phenoxy) is 9. The molecular weight excluding hydrogens is 1280 g/mol. The monoisotopic (exact) mass is 1370 g/mol. The maximum Gasteiger partial charge on any atom is 0.332 e. The van der Waals surface area contributed by atoms with Crippen molar-refractivity contribution in [1.82, 2.24) is 42.5 Å². The first kappa shape index (κ1) is 80.9. The second-order valence-corrected chi connectivity index (χ2v) is 23.1. The van der Waals surface area contributed by atoms with E-state index < -0.39 is 263 Å². The molecule has 40 heteroatoms. The molecule has 40 nitrogen and oxygen atoms in total. The zero-order valence-electron chi connectivity index (χ0n) is 53.4. The Hall–Kier alpha value is -6.55. The minimum absolute atomic E-state index is 0.0597. The Balaban J connectivity index is 1.72. The number of carboxylic acid groups (broad SMARTS) is 2. The van der Waals surface area contributed by atoms with Crippen molar-refractivity contribution >= 4 is 65.1 Å². The predicted octanol–water partition coefficient (Wildman–Crippen LogP) is -10.8. The summed E-state index contributed by atoms with van der Waals surface area (Å²) < 4.78 is 54.7. The summed E-state index contributed by atoms with van der Waals surface area (Å²) in [7, 11) is 0. The van der Waals surface area contributed by atoms with Crippen molar-refractivity contribution in [2.24, 2.45) is 11.5 Å². The first-order valence-electron chi connectivity index (χ1n) is 30.4. The molecule has 4 aliphatic heterocycles. The van der Waals surface area contributed by atoms with E-state index in [-0.39, 0.29) is 13.0 Å². The SMILES string of the molecule is CC(=O)NC1C(OC2C(CO)OC(OC3C(CO)OC(OC4C(CO)OC(O)C(NC(C)=O)C4OC(C)C(=O)O)C(NC(C)=O)C3O)C(NC(C)=O)C2OC(C)C(=O)NC(C)C(=O)NC(CCC(=O)NC(CCCCN)C(=O)NC(C)C(=O)O)C(N)=O)OC(CO)C(O)C1O. The van der Waals surface area contributed by atoms with Crippen molar-refractivity contribution in [2.45, 2.75) is 246 Å². The van der Waals surface area contributed by atoms with Gasteiger partial charge in [-0.05, 0) is 59.9 Å². The Bertz CT molecular complexity index is 2620. The lowest BCUT2D eigenvalue weighted by atomic mass is 9.92. The Morgan fingerprint density at radius 2 is 0.895 bits per heavy atom. The second-order valence-electron chi connectivity index (χ2n) is 23.1. The summed E-state index contributed by atoms with van der Waals surface area (Å²) in [6, 6.07) is -12.7. The first-order chi connectivity index (χ1) is 44.6. The molecule has 4 saturated heterocycles. The lowest BCUT2D eigenvalue weighted by Gasteiger charge is -2.52. The van der Waals surface area contributed by atoms with Gasteiger partial charge in [0.2, 0.25) is 53.2 Å². The van der Waals surface area contributed by atoms with Gasteiger partial charge in [0.1, 0.15) is 128 Å². The molecule has 0 bridgehead atoms. The number of aliphatic hydroxyl groups excluding tert-OH is 8. The lowest BCUT2D eigenvalue weighted by molar-refractivity contribution is -0.366. The molecule has 0 aromatic heterocycles. The van der Waals surface area contributed by atoms with Crippen LogP contribution in [0.25, 0.3) is 0 Å². The van der Waals surface area contributed by atoms with Gasteiger partial charge in [-0.3, -0.25) is 47.9 Å². The molecule has 0 aliphatic carbocycles. The highest BCUT2D eigenvalue weighted by molar-refractivity contribution is 5.93. The summed E-state index contributed by atoms with van der Waals surface area (Å²) in [6.45, 7) is 4.73. The third-order valence-corrected chi connectivity index (χ3v) is 15.6. The van der Waals surface area contributed by atoms with Crippen LogP contribution in [-0.2, 0) is 95.4 Å². The molecule has 0 aromatic rings. The minimum Gasteiger partial charge on any atom is -0.480 e. The summed E-state index contributed by atoms with van der Waals surface area (Å²) in [5, 5.41) is 126. The van der Waals surface area contributed by atoms with Gasteiger partial charge in [0, 0.05) is 34.1 Å². The molecule has 95 heavy (non-hydrogen) atoms. The summed E-state index contributed by atoms with van der Waals surface area (Å²) in [6.07, 6.45) is -33.6. The van der Waals surface area contributed by atoms with Crippen LogP contribution in [0.2, 0.25) is 0 Å². The van der Waals surface area contributed by atoms with Crippen LogP contribution in [0.5, 0.6) is 0 Å². The number of nitrogens with one attached hydrogen (secondary N) is 8. The minimum atomic E-state index is -2.14. The Labute approximate surface area is 543 Å². The van der Waals surface area contributed by atoms with Crippen molar-refractivity contribution in [3.05, 3.63) is 0 Å². The largest absolute Gasteiger partial charge is 0.480 e. The molecule has 26 atom stereocenters. The highest BCUT2D eigenvalue weighted by Crippen LogP contribution is 2.36. The Morgan fingerprint density at radius 3 is 1.39 bits per heavy atom. The van der Waals surface area contributed by atoms with Gasteiger partial charge in [0.25, 0.3) is 0 Å². The lowest BCUT2D eigenvalue weighted by Crippen LogP contribution is -2.72. The maximum absolute atomic E-state index is 14.2. The number of carbonyl (C=O) groups excluding carboxylic acids is 9. The summed E-state index contributed by atoms with van der Waals surface area (Å²) in [5.74, 6) is -11.2. The topological polar surface area (TPSA) is 621 Å². The van der Waals surface area contributed by atoms with E-state index in [1.807, 2.05) is 0 Å². The fourth-order valence-corrected chi connectivity index (χ4v) is 10.7. The molecule has 4 aliphatic rings. The van der Waals surface area contributed by atoms with Crippen LogP contribution in [0.4, 0.5) is 0 Å². The quantitative estimate of drug-likeness (QED) is 0.0262. The van der Waals surface area contributed by atoms with E-state index in [1.54, 1.807) is 0 Å². The van der Waals surface area contributed by atoms with E-state index in [9.17, 15) is 104 Å². The molecule has 0 aromatic carbocycles. The number of aliphatic carboxylic acids is 2. The summed E-state index contributed by atoms with van der Waals surface area (Å²) in [5.41, 5.74) is 11.2. The smallest absolute Gasteiger partial charge is 0.332 e. The van der Waals surface area contributed by atoms with Crippen LogP contribution < -0.4 is 54.0 Å². The van der Waals surface area contributed by atoms with E-state index >= 15 is 0 Å². The summed E-state index contributed by atoms with van der Waals surface area (Å²) >= 11 is 0. The van der Waals surface area contributed by atoms with Crippen molar-refractivity contribution < 1.29 is 146 Å². The van der Waals surface area contributed by atoms with Crippen LogP contribution in [0.3, 0.4) is 0 Å². The normalized spacial score (nSPS) is 32.6. The Morgan fingerprint density at radius 1 is 0.453 bits per heavy atom. The zero-order chi connectivity index (χ0) is 71.5. The van der Waals surface area contributed by atoms with Crippen molar-refractivity contribution in [1.29, 1.82) is 0 Å². The molecule has 22 N–H and O–H groups in total. The number of rotatable bonds is 35. The van der Waals surface area contributed by atoms with E-state index in [4.69, 9.17) is 54.1 Å². The molecule has 0 saturated carbocycles. The van der Waals surface area contributed by atoms with Gasteiger partial charge in [0.05, 0.1) is 26.4 Å². The van der Waals surface area contributed by atoms with E-state index in [2.05, 4.69) is 42.5 Å². The van der Waals surface area contributed by atoms with Gasteiger partial charge in [-0.1, -0.05) is 0 Å². The number of nitrogens with two attached hydrogens (primary N) is 2. The highest BCUT2D eigenvalue weighted by Gasteiger charge is 2.58. The molecule has 4 heterocycles. The van der Waals surface area contributed by atoms with E-state index in [0.717, 1.165) is 48.5 Å². The number of carboxylic acids is 2. The zero-order valence-corrected chi connectivity index (χ0v) is 53.4. The molecule has 4 rings (SSSR count). The third kappa shape index (κ3) is 22.8. The molecule has 0 radical (unpaired) electrons. The molecule has 0 spiro atoms. The third-order valence-electron chi connectivity index (χ3n) is 15.6. The van der Waals surface area contributed by atoms with Crippen LogP contribution in [0.15, 0.2) is 0 Å². The van der Waals surface area contributed by atoms with Crippen molar-refractivity contribution in [3.63, 3.8) is 0 Å². The Kier molecular flexibility index (Phi) is 32.2. The molecule has 4 fully saturated rings. The molecule has 26 unspecified atom stereocenters. The van der Waals surface area contributed by atoms with Crippen LogP contribution in [0, 0.1) is 0 Å². The van der Waals surface area contributed by atoms with Gasteiger partial charge >= 0.3 is 11.9 Å². The number of hydrogen-bond donors (Lipinski definition) is 20. The van der Waals surface area contributed by atoms with E-state index in [1.165, 1.54) is 6.92 Å². The fraction of sp³-hybridized carbons (Fsp3) is 0.800. The van der Waals surface area contributed by atoms with Gasteiger partial charge < -0.3 is 148 Å². The van der Waals surface area contributed by atoms with Gasteiger partial charge in [-0.2, -0.15) is 0 Å². The average Bonchev–Trinajstić information content (AvgIpc) is 0.768. The van der Waals surface area contributed by atoms with Gasteiger partial charge in [0.15, 0.2) is 31.3 Å². The molecular formula is C55H92N10O30. The van der Waals surface area contributed by atoms with Crippen molar-refractivity contribution in [2.75, 3.05) is 33.0 Å². The number of unbranched alkanes of at least 4 members (excludes halogenated alkanes) is 1. The van der Waals surface area contributed by atoms with E-state index in [0.29, 0.717) is 12.8 Å². The number of aliphatic hydroxyl groups is 8. The molecule has 9 amide bonds. The number of amides is 9. The second kappa shape index (κ2) is 37.8. The highest BCUT2D eigenvalue weighted by atomic mass is 16.8. The number of carbonyl (C=O) groups is 11. The first-order valence-corrected chi connectivity index (χ1v) is 30.4. The van der Waals surface area contributed by atoms with Gasteiger partial charge in [-0.15, -0.1) is 0 Å². The number of hydrogen-bond acceptors (Lipinski definition) is 29. The van der Waals surface area contributed by atoms with Crippen LogP contribution in [0.1, 0.15) is 87.5 Å². The van der Waals surface area contributed by atoms with Gasteiger partial charge in [-0.25, -0.2) is 4.79 Å². The fourth-order valence-electron chi connectivity index (χ4n) is 10.7. The number of primary amides is 1. The molecule has 542 valence electrons. The van der Waals surface area contributed by atoms with Crippen LogP contribution in [-0.4, -0.2) is 308 Å². The average molecular weight is 1370 g/mol. The predicted molar refractivity (Wildman–Crippen MR) is 313 cm³/mol. The maximum atomic E-state index is 14.2. The summed E-state index contributed by atoms with van der Waals surface area (Å²) in [4.78, 5) is 141.